The van der Waals surface area contributed by atoms with Gasteiger partial charge in [-0.25, -0.2) is 0 Å². The van der Waals surface area contributed by atoms with Gasteiger partial charge in [0.2, 0.25) is 0 Å². The van der Waals surface area contributed by atoms with Gasteiger partial charge in [-0.1, -0.05) is 0 Å². The van der Waals surface area contributed by atoms with E-state index in [0.717, 1.165) is 18.9 Å². The molecule has 0 spiro atoms. The number of halogens is 2. The average Bonchev–Trinajstić information content (AvgIpc) is 2.73. The lowest BCUT2D eigenvalue weighted by atomic mass is 10.2. The maximum Gasteiger partial charge on any atom is 0.139 e. The van der Waals surface area contributed by atoms with E-state index in [1.54, 1.807) is 17.6 Å². The molecule has 0 radical (unpaired) electrons. The molecule has 0 aliphatic heterocycles. The van der Waals surface area contributed by atoms with Crippen molar-refractivity contribution < 1.29 is 4.42 Å². The summed E-state index contributed by atoms with van der Waals surface area (Å²) in [4.78, 5) is 1.08. The Morgan fingerprint density at radius 3 is 2.57 bits per heavy atom. The Hall–Kier alpha value is -0.100. The van der Waals surface area contributed by atoms with E-state index in [1.807, 2.05) is 18.2 Å². The smallest absolute Gasteiger partial charge is 0.139 e. The van der Waals surface area contributed by atoms with Crippen LogP contribution in [0.4, 0.5) is 0 Å². The van der Waals surface area contributed by atoms with E-state index >= 15 is 0 Å². The zero-order valence-electron chi connectivity index (χ0n) is 7.04. The van der Waals surface area contributed by atoms with Gasteiger partial charge in [0, 0.05) is 4.88 Å². The first-order valence-electron chi connectivity index (χ1n) is 3.92. The third-order valence-corrected chi connectivity index (χ3v) is 4.19. The van der Waals surface area contributed by atoms with E-state index in [1.165, 1.54) is 0 Å². The van der Waals surface area contributed by atoms with Crippen molar-refractivity contribution in [1.82, 2.24) is 0 Å². The molecule has 2 heterocycles. The van der Waals surface area contributed by atoms with Gasteiger partial charge in [-0.3, -0.25) is 0 Å². The second-order valence-electron chi connectivity index (χ2n) is 2.75. The number of nitrogens with two attached hydrogens (primary N) is 1. The molecule has 5 heteroatoms. The first-order valence-corrected chi connectivity index (χ1v) is 6.32. The summed E-state index contributed by atoms with van der Waals surface area (Å²) in [6.45, 7) is 0. The number of thiophene rings is 1. The van der Waals surface area contributed by atoms with E-state index in [4.69, 9.17) is 10.2 Å². The molecule has 0 aliphatic carbocycles. The maximum absolute atomic E-state index is 6.04. The summed E-state index contributed by atoms with van der Waals surface area (Å²) in [5.41, 5.74) is 6.04. The van der Waals surface area contributed by atoms with Gasteiger partial charge in [0.05, 0.1) is 20.6 Å². The van der Waals surface area contributed by atoms with Crippen molar-refractivity contribution in [3.63, 3.8) is 0 Å². The minimum absolute atomic E-state index is 0.198. The summed E-state index contributed by atoms with van der Waals surface area (Å²) < 4.78 is 7.30. The van der Waals surface area contributed by atoms with Crippen LogP contribution in [0.3, 0.4) is 0 Å². The molecule has 2 N–H and O–H groups in total. The monoisotopic (exact) mass is 335 g/mol. The fraction of sp³-hybridized carbons (Fsp3) is 0.111. The highest BCUT2D eigenvalue weighted by atomic mass is 79.9. The molecule has 0 amide bonds. The third kappa shape index (κ3) is 1.95. The lowest BCUT2D eigenvalue weighted by Gasteiger charge is -2.06. The topological polar surface area (TPSA) is 39.2 Å². The number of hydrogen-bond acceptors (Lipinski definition) is 3. The van der Waals surface area contributed by atoms with Crippen LogP contribution in [0.15, 0.2) is 37.1 Å². The van der Waals surface area contributed by atoms with Crippen LogP contribution in [0.25, 0.3) is 0 Å². The Bertz CT molecular complexity index is 437. The minimum atomic E-state index is -0.198. The molecule has 2 aromatic rings. The molecule has 0 fully saturated rings. The second-order valence-corrected chi connectivity index (χ2v) is 6.10. The van der Waals surface area contributed by atoms with Gasteiger partial charge in [-0.2, -0.15) is 0 Å². The summed E-state index contributed by atoms with van der Waals surface area (Å²) in [6.07, 6.45) is 1.63. The molecule has 0 bridgehead atoms. The molecule has 0 saturated carbocycles. The van der Waals surface area contributed by atoms with Gasteiger partial charge in [0.1, 0.15) is 5.76 Å². The van der Waals surface area contributed by atoms with Crippen LogP contribution in [0.5, 0.6) is 0 Å². The van der Waals surface area contributed by atoms with Crippen LogP contribution < -0.4 is 5.73 Å². The molecule has 2 aromatic heterocycles. The van der Waals surface area contributed by atoms with Crippen molar-refractivity contribution in [2.75, 3.05) is 0 Å². The Kier molecular flexibility index (Phi) is 3.11. The molecule has 0 saturated heterocycles. The van der Waals surface area contributed by atoms with Gasteiger partial charge in [-0.05, 0) is 50.1 Å². The lowest BCUT2D eigenvalue weighted by Crippen LogP contribution is -2.09. The highest BCUT2D eigenvalue weighted by molar-refractivity contribution is 9.11. The predicted octanol–water partition coefficient (Wildman–Crippen LogP) is 3.91. The molecule has 14 heavy (non-hydrogen) atoms. The molecule has 1 unspecified atom stereocenters. The van der Waals surface area contributed by atoms with Crippen LogP contribution in [-0.2, 0) is 0 Å². The fourth-order valence-corrected chi connectivity index (χ4v) is 3.02. The van der Waals surface area contributed by atoms with Crippen molar-refractivity contribution in [3.05, 3.63) is 43.4 Å². The first-order chi connectivity index (χ1) is 6.68. The number of rotatable bonds is 2. The Labute approximate surface area is 102 Å². The number of hydrogen-bond donors (Lipinski definition) is 1. The minimum Gasteiger partial charge on any atom is -0.466 e. The molecule has 1 atom stereocenters. The first kappa shape index (κ1) is 10.4. The van der Waals surface area contributed by atoms with Crippen molar-refractivity contribution in [2.24, 2.45) is 5.73 Å². The van der Waals surface area contributed by atoms with Crippen LogP contribution in [-0.4, -0.2) is 0 Å². The Balaban J connectivity index is 2.33. The summed E-state index contributed by atoms with van der Waals surface area (Å²) >= 11 is 8.41. The highest BCUT2D eigenvalue weighted by Gasteiger charge is 2.16. The fourth-order valence-electron chi connectivity index (χ4n) is 1.15. The van der Waals surface area contributed by atoms with Crippen LogP contribution >= 0.6 is 43.2 Å². The summed E-state index contributed by atoms with van der Waals surface area (Å²) in [5.74, 6) is 0.763. The molecular formula is C9H7Br2NOS. The molecular weight excluding hydrogens is 330 g/mol. The molecule has 0 aromatic carbocycles. The molecule has 74 valence electrons. The molecule has 0 aliphatic rings. The predicted molar refractivity (Wildman–Crippen MR) is 64.5 cm³/mol. The maximum atomic E-state index is 6.04. The van der Waals surface area contributed by atoms with Crippen LogP contribution in [0.2, 0.25) is 0 Å². The van der Waals surface area contributed by atoms with Gasteiger partial charge < -0.3 is 10.2 Å². The van der Waals surface area contributed by atoms with E-state index in [9.17, 15) is 0 Å². The van der Waals surface area contributed by atoms with E-state index in [2.05, 4.69) is 31.9 Å². The standard InChI is InChI=1S/C9H7Br2NOS/c10-5-3-4-13-9(5)8(12)6-1-2-7(11)14-6/h1-4,8H,12H2. The molecule has 2 rings (SSSR count). The van der Waals surface area contributed by atoms with Gasteiger partial charge in [0.25, 0.3) is 0 Å². The van der Waals surface area contributed by atoms with E-state index in [-0.39, 0.29) is 6.04 Å². The van der Waals surface area contributed by atoms with Crippen LogP contribution in [0, 0.1) is 0 Å². The lowest BCUT2D eigenvalue weighted by molar-refractivity contribution is 0.489. The SMILES string of the molecule is NC(c1ccc(Br)s1)c1occc1Br. The summed E-state index contributed by atoms with van der Waals surface area (Å²) in [6, 6.07) is 5.62. The van der Waals surface area contributed by atoms with Gasteiger partial charge in [-0.15, -0.1) is 11.3 Å². The van der Waals surface area contributed by atoms with Crippen molar-refractivity contribution >= 4 is 43.2 Å². The Morgan fingerprint density at radius 2 is 2.07 bits per heavy atom. The zero-order valence-corrected chi connectivity index (χ0v) is 11.0. The highest BCUT2D eigenvalue weighted by Crippen LogP contribution is 2.33. The summed E-state index contributed by atoms with van der Waals surface area (Å²) in [7, 11) is 0. The average molecular weight is 337 g/mol. The van der Waals surface area contributed by atoms with Crippen molar-refractivity contribution in [3.8, 4) is 0 Å². The number of furan rings is 1. The van der Waals surface area contributed by atoms with Crippen molar-refractivity contribution in [2.45, 2.75) is 6.04 Å². The normalized spacial score (nSPS) is 13.1. The Morgan fingerprint density at radius 1 is 1.29 bits per heavy atom. The van der Waals surface area contributed by atoms with E-state index < -0.39 is 0 Å². The second kappa shape index (κ2) is 4.18. The third-order valence-electron chi connectivity index (χ3n) is 1.83. The quantitative estimate of drug-likeness (QED) is 0.902. The zero-order chi connectivity index (χ0) is 10.1. The van der Waals surface area contributed by atoms with Gasteiger partial charge in [0.15, 0.2) is 0 Å². The summed E-state index contributed by atoms with van der Waals surface area (Å²) in [5, 5.41) is 0. The largest absolute Gasteiger partial charge is 0.466 e. The van der Waals surface area contributed by atoms with Crippen LogP contribution in [0.1, 0.15) is 16.7 Å². The van der Waals surface area contributed by atoms with E-state index in [0.29, 0.717) is 0 Å². The van der Waals surface area contributed by atoms with Gasteiger partial charge >= 0.3 is 0 Å². The van der Waals surface area contributed by atoms with Crippen molar-refractivity contribution in [1.29, 1.82) is 0 Å². The molecule has 2 nitrogen and oxygen atoms in total.